The van der Waals surface area contributed by atoms with Crippen LogP contribution in [0, 0.1) is 0 Å². The number of aryl methyl sites for hydroxylation is 1. The second-order valence-electron chi connectivity index (χ2n) is 5.32. The molecule has 0 saturated heterocycles. The van der Waals surface area contributed by atoms with Gasteiger partial charge in [0.05, 0.1) is 18.2 Å². The maximum atomic E-state index is 10.3. The molecule has 0 saturated carbocycles. The number of hydrogen-bond donors (Lipinski definition) is 1. The minimum atomic E-state index is -0.684. The largest absolute Gasteiger partial charge is 0.472 e. The number of aliphatic hydroxyl groups is 1. The number of aliphatic hydroxyl groups excluding tert-OH is 1. The normalized spacial score (nSPS) is 13.9. The Balaban J connectivity index is 2.45. The summed E-state index contributed by atoms with van der Waals surface area (Å²) in [5.74, 6) is 0. The topological polar surface area (TPSA) is 51.2 Å². The van der Waals surface area contributed by atoms with Gasteiger partial charge in [0.2, 0.25) is 0 Å². The van der Waals surface area contributed by atoms with Crippen molar-refractivity contribution in [1.29, 1.82) is 0 Å². The zero-order valence-corrected chi connectivity index (χ0v) is 10.6. The van der Waals surface area contributed by atoms with Gasteiger partial charge in [0.1, 0.15) is 6.10 Å². The molecule has 0 fully saturated rings. The molecule has 0 spiro atoms. The first-order chi connectivity index (χ1) is 7.89. The molecule has 1 atom stereocenters. The Hall–Kier alpha value is -1.55. The van der Waals surface area contributed by atoms with Crippen LogP contribution in [0.15, 0.2) is 29.2 Å². The van der Waals surface area contributed by atoms with Crippen molar-refractivity contribution in [2.75, 3.05) is 0 Å². The van der Waals surface area contributed by atoms with Crippen molar-refractivity contribution in [3.8, 4) is 0 Å². The van der Waals surface area contributed by atoms with E-state index in [4.69, 9.17) is 4.42 Å². The Morgan fingerprint density at radius 3 is 2.65 bits per heavy atom. The molecule has 0 aromatic carbocycles. The van der Waals surface area contributed by atoms with Crippen LogP contribution in [0.5, 0.6) is 0 Å². The SMILES string of the molecule is Cn1cc(C(O)c2ccoc2)c(C(C)(C)C)n1. The first-order valence-corrected chi connectivity index (χ1v) is 5.64. The molecule has 4 nitrogen and oxygen atoms in total. The van der Waals surface area contributed by atoms with Crippen molar-refractivity contribution in [3.05, 3.63) is 41.6 Å². The van der Waals surface area contributed by atoms with E-state index < -0.39 is 6.10 Å². The fourth-order valence-corrected chi connectivity index (χ4v) is 1.90. The molecular formula is C13H18N2O2. The summed E-state index contributed by atoms with van der Waals surface area (Å²) < 4.78 is 6.74. The monoisotopic (exact) mass is 234 g/mol. The molecule has 0 aliphatic carbocycles. The molecule has 4 heteroatoms. The lowest BCUT2D eigenvalue weighted by molar-refractivity contribution is 0.216. The fourth-order valence-electron chi connectivity index (χ4n) is 1.90. The predicted molar refractivity (Wildman–Crippen MR) is 64.7 cm³/mol. The summed E-state index contributed by atoms with van der Waals surface area (Å²) in [6.07, 6.45) is 4.30. The summed E-state index contributed by atoms with van der Waals surface area (Å²) >= 11 is 0. The lowest BCUT2D eigenvalue weighted by atomic mass is 9.87. The Kier molecular flexibility index (Phi) is 2.83. The molecule has 0 bridgehead atoms. The van der Waals surface area contributed by atoms with Gasteiger partial charge in [0.25, 0.3) is 0 Å². The molecule has 2 aromatic heterocycles. The lowest BCUT2D eigenvalue weighted by Gasteiger charge is -2.19. The van der Waals surface area contributed by atoms with E-state index in [2.05, 4.69) is 25.9 Å². The molecule has 0 aliphatic rings. The molecule has 0 radical (unpaired) electrons. The highest BCUT2D eigenvalue weighted by Crippen LogP contribution is 2.31. The van der Waals surface area contributed by atoms with Crippen molar-refractivity contribution in [3.63, 3.8) is 0 Å². The van der Waals surface area contributed by atoms with Crippen LogP contribution in [0.2, 0.25) is 0 Å². The van der Waals surface area contributed by atoms with Crippen molar-refractivity contribution >= 4 is 0 Å². The zero-order valence-electron chi connectivity index (χ0n) is 10.6. The van der Waals surface area contributed by atoms with E-state index in [0.29, 0.717) is 0 Å². The molecule has 2 rings (SSSR count). The number of rotatable bonds is 2. The van der Waals surface area contributed by atoms with Gasteiger partial charge in [0, 0.05) is 29.8 Å². The van der Waals surface area contributed by atoms with Gasteiger partial charge >= 0.3 is 0 Å². The first-order valence-electron chi connectivity index (χ1n) is 5.64. The highest BCUT2D eigenvalue weighted by molar-refractivity contribution is 5.32. The third-order valence-electron chi connectivity index (χ3n) is 2.72. The maximum Gasteiger partial charge on any atom is 0.110 e. The van der Waals surface area contributed by atoms with Gasteiger partial charge in [-0.2, -0.15) is 5.10 Å². The van der Waals surface area contributed by atoms with E-state index in [1.807, 2.05) is 13.2 Å². The third-order valence-corrected chi connectivity index (χ3v) is 2.72. The van der Waals surface area contributed by atoms with E-state index in [1.54, 1.807) is 23.3 Å². The average molecular weight is 234 g/mol. The smallest absolute Gasteiger partial charge is 0.110 e. The Morgan fingerprint density at radius 2 is 2.12 bits per heavy atom. The molecule has 1 unspecified atom stereocenters. The van der Waals surface area contributed by atoms with Gasteiger partial charge in [-0.3, -0.25) is 4.68 Å². The first kappa shape index (κ1) is 11.9. The van der Waals surface area contributed by atoms with E-state index in [0.717, 1.165) is 16.8 Å². The summed E-state index contributed by atoms with van der Waals surface area (Å²) in [5.41, 5.74) is 2.40. The van der Waals surface area contributed by atoms with Crippen molar-refractivity contribution in [2.24, 2.45) is 7.05 Å². The fraction of sp³-hybridized carbons (Fsp3) is 0.462. The molecule has 1 N–H and O–H groups in total. The quantitative estimate of drug-likeness (QED) is 0.868. The van der Waals surface area contributed by atoms with E-state index in [9.17, 15) is 5.11 Å². The molecule has 17 heavy (non-hydrogen) atoms. The van der Waals surface area contributed by atoms with Crippen molar-refractivity contribution in [1.82, 2.24) is 9.78 Å². The molecule has 0 aliphatic heterocycles. The van der Waals surface area contributed by atoms with Gasteiger partial charge in [-0.1, -0.05) is 20.8 Å². The molecule has 2 heterocycles. The summed E-state index contributed by atoms with van der Waals surface area (Å²) in [7, 11) is 1.86. The second-order valence-corrected chi connectivity index (χ2v) is 5.32. The Morgan fingerprint density at radius 1 is 1.41 bits per heavy atom. The molecule has 0 amide bonds. The summed E-state index contributed by atoms with van der Waals surface area (Å²) in [4.78, 5) is 0. The number of nitrogens with zero attached hydrogens (tertiary/aromatic N) is 2. The molecular weight excluding hydrogens is 216 g/mol. The molecule has 2 aromatic rings. The van der Waals surface area contributed by atoms with Gasteiger partial charge in [-0.25, -0.2) is 0 Å². The van der Waals surface area contributed by atoms with Crippen molar-refractivity contribution in [2.45, 2.75) is 32.3 Å². The van der Waals surface area contributed by atoms with Gasteiger partial charge in [-0.15, -0.1) is 0 Å². The Bertz CT molecular complexity index is 492. The van der Waals surface area contributed by atoms with Crippen LogP contribution in [0.25, 0.3) is 0 Å². The van der Waals surface area contributed by atoms with Gasteiger partial charge in [-0.05, 0) is 6.07 Å². The number of furan rings is 1. The standard InChI is InChI=1S/C13H18N2O2/c1-13(2,3)12-10(7-15(4)14-12)11(16)9-5-6-17-8-9/h5-8,11,16H,1-4H3. The van der Waals surface area contributed by atoms with E-state index in [1.165, 1.54) is 0 Å². The lowest BCUT2D eigenvalue weighted by Crippen LogP contribution is -2.16. The number of hydrogen-bond acceptors (Lipinski definition) is 3. The van der Waals surface area contributed by atoms with E-state index >= 15 is 0 Å². The van der Waals surface area contributed by atoms with Crippen molar-refractivity contribution < 1.29 is 9.52 Å². The highest BCUT2D eigenvalue weighted by atomic mass is 16.3. The summed E-state index contributed by atoms with van der Waals surface area (Å²) in [5, 5.41) is 14.8. The summed E-state index contributed by atoms with van der Waals surface area (Å²) in [6.45, 7) is 6.25. The van der Waals surface area contributed by atoms with Gasteiger partial charge < -0.3 is 9.52 Å². The third kappa shape index (κ3) is 2.26. The number of aromatic nitrogens is 2. The van der Waals surface area contributed by atoms with Crippen LogP contribution in [-0.2, 0) is 12.5 Å². The Labute approximate surface area is 101 Å². The summed E-state index contributed by atoms with van der Waals surface area (Å²) in [6, 6.07) is 1.77. The van der Waals surface area contributed by atoms with Crippen LogP contribution in [0.1, 0.15) is 43.7 Å². The average Bonchev–Trinajstić information content (AvgIpc) is 2.83. The van der Waals surface area contributed by atoms with Gasteiger partial charge in [0.15, 0.2) is 0 Å². The van der Waals surface area contributed by atoms with Crippen LogP contribution < -0.4 is 0 Å². The molecule has 92 valence electrons. The minimum Gasteiger partial charge on any atom is -0.472 e. The van der Waals surface area contributed by atoms with Crippen LogP contribution in [0.3, 0.4) is 0 Å². The predicted octanol–water partition coefficient (Wildman–Crippen LogP) is 2.39. The highest BCUT2D eigenvalue weighted by Gasteiger charge is 2.26. The minimum absolute atomic E-state index is 0.0959. The maximum absolute atomic E-state index is 10.3. The van der Waals surface area contributed by atoms with E-state index in [-0.39, 0.29) is 5.41 Å². The zero-order chi connectivity index (χ0) is 12.6. The van der Waals surface area contributed by atoms with Crippen LogP contribution >= 0.6 is 0 Å². The second kappa shape index (κ2) is 4.04. The van der Waals surface area contributed by atoms with Crippen LogP contribution in [-0.4, -0.2) is 14.9 Å². The van der Waals surface area contributed by atoms with Crippen LogP contribution in [0.4, 0.5) is 0 Å².